The molecule has 0 aliphatic carbocycles. The van der Waals surface area contributed by atoms with Gasteiger partial charge in [-0.05, 0) is 30.5 Å². The average molecular weight is 357 g/mol. The fourth-order valence-electron chi connectivity index (χ4n) is 2.39. The van der Waals surface area contributed by atoms with Gasteiger partial charge in [-0.3, -0.25) is 4.79 Å². The van der Waals surface area contributed by atoms with Crippen LogP contribution in [0.15, 0.2) is 53.6 Å². The lowest BCUT2D eigenvalue weighted by Gasteiger charge is -2.03. The van der Waals surface area contributed by atoms with Crippen molar-refractivity contribution in [2.45, 2.75) is 20.3 Å². The van der Waals surface area contributed by atoms with Gasteiger partial charge in [0, 0.05) is 10.1 Å². The van der Waals surface area contributed by atoms with Gasteiger partial charge in [-0.25, -0.2) is 5.43 Å². The van der Waals surface area contributed by atoms with Gasteiger partial charge < -0.3 is 0 Å². The van der Waals surface area contributed by atoms with E-state index in [0.717, 1.165) is 27.8 Å². The molecule has 0 aliphatic heterocycles. The highest BCUT2D eigenvalue weighted by Crippen LogP contribution is 2.34. The van der Waals surface area contributed by atoms with E-state index in [1.165, 1.54) is 16.9 Å². The number of carbonyl (C=O) groups is 1. The molecule has 3 nitrogen and oxygen atoms in total. The van der Waals surface area contributed by atoms with Gasteiger partial charge in [-0.2, -0.15) is 5.10 Å². The summed E-state index contributed by atoms with van der Waals surface area (Å²) in [5, 5.41) is 5.58. The van der Waals surface area contributed by atoms with Crippen molar-refractivity contribution < 1.29 is 4.79 Å². The van der Waals surface area contributed by atoms with Gasteiger partial charge >= 0.3 is 0 Å². The maximum absolute atomic E-state index is 12.4. The predicted molar refractivity (Wildman–Crippen MR) is 102 cm³/mol. The summed E-state index contributed by atoms with van der Waals surface area (Å²) in [6, 6.07) is 15.9. The van der Waals surface area contributed by atoms with E-state index >= 15 is 0 Å². The number of nitrogens with zero attached hydrogens (tertiary/aromatic N) is 1. The first-order chi connectivity index (χ1) is 11.6. The molecular weight excluding hydrogens is 340 g/mol. The Bertz CT molecular complexity index is 913. The summed E-state index contributed by atoms with van der Waals surface area (Å²) in [5.41, 5.74) is 5.61. The summed E-state index contributed by atoms with van der Waals surface area (Å²) in [7, 11) is 0. The molecule has 0 saturated heterocycles. The molecule has 1 N–H and O–H groups in total. The van der Waals surface area contributed by atoms with E-state index in [4.69, 9.17) is 11.6 Å². The Kier molecular flexibility index (Phi) is 4.97. The first kappa shape index (κ1) is 16.7. The van der Waals surface area contributed by atoms with Crippen molar-refractivity contribution in [2.75, 3.05) is 0 Å². The predicted octanol–water partition coefficient (Wildman–Crippen LogP) is 5.27. The zero-order valence-electron chi connectivity index (χ0n) is 13.5. The molecule has 0 bridgehead atoms. The van der Waals surface area contributed by atoms with Crippen LogP contribution in [-0.2, 0) is 6.42 Å². The van der Waals surface area contributed by atoms with Crippen molar-refractivity contribution in [2.24, 2.45) is 5.10 Å². The summed E-state index contributed by atoms with van der Waals surface area (Å²) in [6.07, 6.45) is 0.998. The quantitative estimate of drug-likeness (QED) is 0.502. The van der Waals surface area contributed by atoms with Gasteiger partial charge in [0.1, 0.15) is 4.88 Å². The molecule has 0 aliphatic rings. The summed E-state index contributed by atoms with van der Waals surface area (Å²) in [6.45, 7) is 3.98. The van der Waals surface area contributed by atoms with Crippen LogP contribution in [-0.4, -0.2) is 11.6 Å². The van der Waals surface area contributed by atoms with E-state index < -0.39 is 0 Å². The third-order valence-corrected chi connectivity index (χ3v) is 5.52. The largest absolute Gasteiger partial charge is 0.283 e. The zero-order chi connectivity index (χ0) is 17.1. The fourth-order valence-corrected chi connectivity index (χ4v) is 3.80. The minimum atomic E-state index is -0.286. The van der Waals surface area contributed by atoms with E-state index in [1.807, 2.05) is 43.3 Å². The Labute approximate surface area is 150 Å². The average Bonchev–Trinajstić information content (AvgIpc) is 2.96. The van der Waals surface area contributed by atoms with Crippen LogP contribution in [0.2, 0.25) is 5.02 Å². The molecule has 5 heteroatoms. The molecule has 0 atom stereocenters. The molecule has 1 amide bonds. The molecule has 0 spiro atoms. The molecule has 0 radical (unpaired) electrons. The number of hydrazone groups is 1. The highest BCUT2D eigenvalue weighted by atomic mass is 35.5. The van der Waals surface area contributed by atoms with Crippen molar-refractivity contribution in [1.29, 1.82) is 0 Å². The molecule has 122 valence electrons. The Hall–Kier alpha value is -2.17. The van der Waals surface area contributed by atoms with Crippen molar-refractivity contribution in [3.63, 3.8) is 0 Å². The number of thiophene rings is 1. The normalized spacial score (nSPS) is 11.7. The first-order valence-corrected chi connectivity index (χ1v) is 8.90. The van der Waals surface area contributed by atoms with Gasteiger partial charge in [0.2, 0.25) is 0 Å². The number of halogens is 1. The van der Waals surface area contributed by atoms with Crippen LogP contribution >= 0.6 is 22.9 Å². The third-order valence-electron chi connectivity index (χ3n) is 3.85. The number of aryl methyl sites for hydroxylation is 1. The van der Waals surface area contributed by atoms with Gasteiger partial charge in [-0.1, -0.05) is 61.0 Å². The third kappa shape index (κ3) is 3.35. The Morgan fingerprint density at radius 1 is 1.17 bits per heavy atom. The topological polar surface area (TPSA) is 41.5 Å². The number of amides is 1. The molecule has 3 aromatic rings. The Morgan fingerprint density at radius 3 is 2.54 bits per heavy atom. The molecule has 24 heavy (non-hydrogen) atoms. The molecule has 2 aromatic carbocycles. The fraction of sp³-hybridized carbons (Fsp3) is 0.158. The minimum absolute atomic E-state index is 0.286. The van der Waals surface area contributed by atoms with Crippen LogP contribution in [0, 0.1) is 0 Å². The molecule has 1 heterocycles. The first-order valence-electron chi connectivity index (χ1n) is 7.71. The van der Waals surface area contributed by atoms with E-state index in [0.29, 0.717) is 9.90 Å². The smallest absolute Gasteiger partial charge is 0.266 e. The van der Waals surface area contributed by atoms with Crippen molar-refractivity contribution >= 4 is 44.6 Å². The maximum atomic E-state index is 12.4. The van der Waals surface area contributed by atoms with Crippen molar-refractivity contribution in [3.8, 4) is 0 Å². The molecule has 1 aromatic heterocycles. The second-order valence-electron chi connectivity index (χ2n) is 5.43. The number of rotatable bonds is 4. The van der Waals surface area contributed by atoms with Crippen LogP contribution in [0.25, 0.3) is 10.1 Å². The second kappa shape index (κ2) is 7.16. The van der Waals surface area contributed by atoms with Gasteiger partial charge in [0.05, 0.1) is 10.7 Å². The number of nitrogens with one attached hydrogen (secondary N) is 1. The second-order valence-corrected chi connectivity index (χ2v) is 6.86. The zero-order valence-corrected chi connectivity index (χ0v) is 15.0. The molecular formula is C19H17ClN2OS. The number of benzene rings is 2. The Morgan fingerprint density at radius 2 is 1.88 bits per heavy atom. The number of carbonyl (C=O) groups excluding carboxylic acids is 1. The number of hydrogen-bond donors (Lipinski definition) is 1. The molecule has 0 fully saturated rings. The van der Waals surface area contributed by atoms with E-state index in [1.54, 1.807) is 0 Å². The number of fused-ring (bicyclic) bond motifs is 1. The lowest BCUT2D eigenvalue weighted by atomic mass is 10.1. The lowest BCUT2D eigenvalue weighted by Crippen LogP contribution is -2.18. The lowest BCUT2D eigenvalue weighted by molar-refractivity contribution is 0.0959. The summed E-state index contributed by atoms with van der Waals surface area (Å²) < 4.78 is 0.989. The maximum Gasteiger partial charge on any atom is 0.283 e. The summed E-state index contributed by atoms with van der Waals surface area (Å²) >= 11 is 7.69. The Balaban J connectivity index is 1.79. The van der Waals surface area contributed by atoms with Gasteiger partial charge in [0.15, 0.2) is 0 Å². The van der Waals surface area contributed by atoms with Crippen LogP contribution in [0.1, 0.15) is 34.6 Å². The van der Waals surface area contributed by atoms with Crippen LogP contribution in [0.4, 0.5) is 0 Å². The summed E-state index contributed by atoms with van der Waals surface area (Å²) in [5.74, 6) is -0.286. The van der Waals surface area contributed by atoms with Crippen molar-refractivity contribution in [3.05, 3.63) is 69.6 Å². The highest BCUT2D eigenvalue weighted by molar-refractivity contribution is 7.21. The van der Waals surface area contributed by atoms with Crippen LogP contribution < -0.4 is 5.43 Å². The highest BCUT2D eigenvalue weighted by Gasteiger charge is 2.16. The molecule has 0 saturated carbocycles. The van der Waals surface area contributed by atoms with Gasteiger partial charge in [0.25, 0.3) is 5.91 Å². The van der Waals surface area contributed by atoms with Crippen LogP contribution in [0.5, 0.6) is 0 Å². The standard InChI is InChI=1S/C19H17ClN2OS/c1-3-13-8-10-14(11-9-13)12(2)21-22-19(23)18-17(20)15-6-4-5-7-16(15)24-18/h4-11H,3H2,1-2H3,(H,22,23). The van der Waals surface area contributed by atoms with Crippen LogP contribution in [0.3, 0.4) is 0 Å². The van der Waals surface area contributed by atoms with E-state index in [9.17, 15) is 4.79 Å². The summed E-state index contributed by atoms with van der Waals surface area (Å²) in [4.78, 5) is 12.9. The molecule has 3 rings (SSSR count). The van der Waals surface area contributed by atoms with Crippen molar-refractivity contribution in [1.82, 2.24) is 5.43 Å². The minimum Gasteiger partial charge on any atom is -0.266 e. The monoisotopic (exact) mass is 356 g/mol. The van der Waals surface area contributed by atoms with Gasteiger partial charge in [-0.15, -0.1) is 11.3 Å². The van der Waals surface area contributed by atoms with E-state index in [2.05, 4.69) is 29.6 Å². The molecule has 0 unspecified atom stereocenters. The SMILES string of the molecule is CCc1ccc(C(C)=NNC(=O)c2sc3ccccc3c2Cl)cc1. The van der Waals surface area contributed by atoms with E-state index in [-0.39, 0.29) is 5.91 Å². The number of hydrogen-bond acceptors (Lipinski definition) is 3.